The molecule has 0 saturated heterocycles. The highest BCUT2D eigenvalue weighted by molar-refractivity contribution is 6.05. The number of benzene rings is 1. The molecule has 4 heteroatoms. The number of anilines is 2. The minimum Gasteiger partial charge on any atom is -0.506 e. The lowest BCUT2D eigenvalue weighted by molar-refractivity contribution is -0.118. The second kappa shape index (κ2) is 2.90. The molecule has 1 aromatic rings. The number of rotatable bonds is 0. The molecular weight excluding hydrogens is 180 g/mol. The van der Waals surface area contributed by atoms with Gasteiger partial charge in [0.2, 0.25) is 5.91 Å². The molecule has 1 aliphatic rings. The summed E-state index contributed by atoms with van der Waals surface area (Å²) in [5, 5.41) is 12.5. The van der Waals surface area contributed by atoms with Crippen molar-refractivity contribution in [3.63, 3.8) is 0 Å². The molecule has 0 radical (unpaired) electrons. The molecule has 0 aromatic heterocycles. The quantitative estimate of drug-likeness (QED) is 0.607. The summed E-state index contributed by atoms with van der Waals surface area (Å²) in [6.07, 6.45) is 0. The lowest BCUT2D eigenvalue weighted by Gasteiger charge is -2.31. The van der Waals surface area contributed by atoms with Crippen LogP contribution in [0.4, 0.5) is 11.4 Å². The Morgan fingerprint density at radius 1 is 1.50 bits per heavy atom. The standard InChI is InChI=1S/C10H12N2O2/c1-6-10(14)12(2)7-4-3-5-8(13)9(7)11-6/h3-6,11,13H,1-2H3. The number of likely N-dealkylation sites (N-methyl/N-ethyl adjacent to an activating group) is 1. The molecule has 1 unspecified atom stereocenters. The lowest BCUT2D eigenvalue weighted by atomic mass is 10.1. The van der Waals surface area contributed by atoms with Gasteiger partial charge >= 0.3 is 0 Å². The van der Waals surface area contributed by atoms with Crippen LogP contribution in [0.2, 0.25) is 0 Å². The van der Waals surface area contributed by atoms with Crippen LogP contribution in [0, 0.1) is 0 Å². The van der Waals surface area contributed by atoms with Gasteiger partial charge in [0, 0.05) is 7.05 Å². The average molecular weight is 192 g/mol. The van der Waals surface area contributed by atoms with Gasteiger partial charge in [0.1, 0.15) is 17.5 Å². The van der Waals surface area contributed by atoms with Gasteiger partial charge in [-0.2, -0.15) is 0 Å². The van der Waals surface area contributed by atoms with Crippen LogP contribution in [0.25, 0.3) is 0 Å². The van der Waals surface area contributed by atoms with Crippen molar-refractivity contribution in [3.05, 3.63) is 18.2 Å². The van der Waals surface area contributed by atoms with Gasteiger partial charge in [-0.15, -0.1) is 0 Å². The van der Waals surface area contributed by atoms with Gasteiger partial charge in [-0.25, -0.2) is 0 Å². The van der Waals surface area contributed by atoms with Gasteiger partial charge < -0.3 is 15.3 Å². The van der Waals surface area contributed by atoms with Crippen molar-refractivity contribution in [1.82, 2.24) is 0 Å². The SMILES string of the molecule is CC1Nc2c(O)cccc2N(C)C1=O. The minimum atomic E-state index is -0.291. The Morgan fingerprint density at radius 2 is 2.21 bits per heavy atom. The number of para-hydroxylation sites is 1. The lowest BCUT2D eigenvalue weighted by Crippen LogP contribution is -2.43. The maximum atomic E-state index is 11.6. The van der Waals surface area contributed by atoms with E-state index in [1.807, 2.05) is 0 Å². The summed E-state index contributed by atoms with van der Waals surface area (Å²) in [6, 6.07) is 4.82. The van der Waals surface area contributed by atoms with Crippen molar-refractivity contribution in [1.29, 1.82) is 0 Å². The summed E-state index contributed by atoms with van der Waals surface area (Å²) in [7, 11) is 1.71. The van der Waals surface area contributed by atoms with Crippen LogP contribution in [-0.2, 0) is 4.79 Å². The number of hydrogen-bond donors (Lipinski definition) is 2. The summed E-state index contributed by atoms with van der Waals surface area (Å²) in [4.78, 5) is 13.1. The second-order valence-electron chi connectivity index (χ2n) is 3.43. The van der Waals surface area contributed by atoms with Gasteiger partial charge in [0.05, 0.1) is 5.69 Å². The van der Waals surface area contributed by atoms with Crippen LogP contribution in [0.1, 0.15) is 6.92 Å². The zero-order chi connectivity index (χ0) is 10.3. The molecular formula is C10H12N2O2. The molecule has 14 heavy (non-hydrogen) atoms. The van der Waals surface area contributed by atoms with E-state index in [0.29, 0.717) is 11.4 Å². The normalized spacial score (nSPS) is 20.3. The number of carbonyl (C=O) groups excluding carboxylic acids is 1. The average Bonchev–Trinajstić information content (AvgIpc) is 2.17. The first-order chi connectivity index (χ1) is 6.61. The van der Waals surface area contributed by atoms with Crippen LogP contribution >= 0.6 is 0 Å². The Hall–Kier alpha value is -1.71. The fourth-order valence-electron chi connectivity index (χ4n) is 1.64. The number of carbonyl (C=O) groups is 1. The molecule has 1 heterocycles. The van der Waals surface area contributed by atoms with E-state index < -0.39 is 0 Å². The van der Waals surface area contributed by atoms with E-state index in [0.717, 1.165) is 0 Å². The molecule has 0 saturated carbocycles. The molecule has 0 fully saturated rings. The Balaban J connectivity index is 2.56. The number of nitrogens with zero attached hydrogens (tertiary/aromatic N) is 1. The third kappa shape index (κ3) is 1.11. The van der Waals surface area contributed by atoms with Crippen LogP contribution in [0.3, 0.4) is 0 Å². The number of fused-ring (bicyclic) bond motifs is 1. The largest absolute Gasteiger partial charge is 0.506 e. The summed E-state index contributed by atoms with van der Waals surface area (Å²) in [5.41, 5.74) is 1.34. The van der Waals surface area contributed by atoms with Gasteiger partial charge in [0.15, 0.2) is 0 Å². The molecule has 0 bridgehead atoms. The van der Waals surface area contributed by atoms with E-state index in [-0.39, 0.29) is 17.7 Å². The van der Waals surface area contributed by atoms with E-state index >= 15 is 0 Å². The Kier molecular flexibility index (Phi) is 1.84. The molecule has 0 aliphatic carbocycles. The van der Waals surface area contributed by atoms with Crippen molar-refractivity contribution in [2.45, 2.75) is 13.0 Å². The highest BCUT2D eigenvalue weighted by Gasteiger charge is 2.28. The summed E-state index contributed by atoms with van der Waals surface area (Å²) in [5.74, 6) is 0.178. The number of hydrogen-bond acceptors (Lipinski definition) is 3. The molecule has 0 spiro atoms. The summed E-state index contributed by atoms with van der Waals surface area (Å²) >= 11 is 0. The molecule has 2 N–H and O–H groups in total. The number of aromatic hydroxyl groups is 1. The third-order valence-electron chi connectivity index (χ3n) is 2.44. The zero-order valence-electron chi connectivity index (χ0n) is 8.11. The topological polar surface area (TPSA) is 52.6 Å². The number of nitrogens with one attached hydrogen (secondary N) is 1. The van der Waals surface area contributed by atoms with Gasteiger partial charge in [-0.1, -0.05) is 6.07 Å². The van der Waals surface area contributed by atoms with Crippen molar-refractivity contribution < 1.29 is 9.90 Å². The highest BCUT2D eigenvalue weighted by atomic mass is 16.3. The smallest absolute Gasteiger partial charge is 0.248 e. The maximum absolute atomic E-state index is 11.6. The molecule has 1 atom stereocenters. The van der Waals surface area contributed by atoms with Crippen LogP contribution in [0.5, 0.6) is 5.75 Å². The number of amides is 1. The predicted octanol–water partition coefficient (Wildman–Crippen LogP) is 1.17. The fraction of sp³-hybridized carbons (Fsp3) is 0.300. The second-order valence-corrected chi connectivity index (χ2v) is 3.43. The first kappa shape index (κ1) is 8.87. The molecule has 1 aliphatic heterocycles. The number of phenolic OH excluding ortho intramolecular Hbond substituents is 1. The van der Waals surface area contributed by atoms with Gasteiger partial charge in [-0.3, -0.25) is 4.79 Å². The first-order valence-electron chi connectivity index (χ1n) is 4.47. The monoisotopic (exact) mass is 192 g/mol. The first-order valence-corrected chi connectivity index (χ1v) is 4.47. The molecule has 2 rings (SSSR count). The van der Waals surface area contributed by atoms with Gasteiger partial charge in [-0.05, 0) is 19.1 Å². The van der Waals surface area contributed by atoms with Gasteiger partial charge in [0.25, 0.3) is 0 Å². The van der Waals surface area contributed by atoms with Crippen molar-refractivity contribution in [3.8, 4) is 5.75 Å². The van der Waals surface area contributed by atoms with Crippen molar-refractivity contribution in [2.24, 2.45) is 0 Å². The van der Waals surface area contributed by atoms with Crippen LogP contribution in [0.15, 0.2) is 18.2 Å². The van der Waals surface area contributed by atoms with E-state index in [2.05, 4.69) is 5.32 Å². The van der Waals surface area contributed by atoms with E-state index in [9.17, 15) is 9.90 Å². The maximum Gasteiger partial charge on any atom is 0.248 e. The van der Waals surface area contributed by atoms with Crippen molar-refractivity contribution in [2.75, 3.05) is 17.3 Å². The van der Waals surface area contributed by atoms with E-state index in [1.165, 1.54) is 0 Å². The molecule has 1 amide bonds. The Labute approximate surface area is 82.2 Å². The Morgan fingerprint density at radius 3 is 2.93 bits per heavy atom. The molecule has 4 nitrogen and oxygen atoms in total. The van der Waals surface area contributed by atoms with Crippen molar-refractivity contribution >= 4 is 17.3 Å². The molecule has 1 aromatic carbocycles. The zero-order valence-corrected chi connectivity index (χ0v) is 8.11. The van der Waals surface area contributed by atoms with Crippen LogP contribution < -0.4 is 10.2 Å². The third-order valence-corrected chi connectivity index (χ3v) is 2.44. The highest BCUT2D eigenvalue weighted by Crippen LogP contribution is 2.37. The number of phenols is 1. The fourth-order valence-corrected chi connectivity index (χ4v) is 1.64. The summed E-state index contributed by atoms with van der Waals surface area (Å²) < 4.78 is 0. The Bertz CT molecular complexity index is 390. The summed E-state index contributed by atoms with van der Waals surface area (Å²) in [6.45, 7) is 1.77. The van der Waals surface area contributed by atoms with Crippen LogP contribution in [-0.4, -0.2) is 24.1 Å². The predicted molar refractivity (Wildman–Crippen MR) is 54.6 cm³/mol. The van der Waals surface area contributed by atoms with E-state index in [4.69, 9.17) is 0 Å². The van der Waals surface area contributed by atoms with E-state index in [1.54, 1.807) is 37.1 Å². The molecule has 74 valence electrons. The minimum absolute atomic E-state index is 0.00287.